The highest BCUT2D eigenvalue weighted by atomic mass is 16.2. The molecule has 1 aromatic carbocycles. The van der Waals surface area contributed by atoms with Gasteiger partial charge >= 0.3 is 0 Å². The van der Waals surface area contributed by atoms with Gasteiger partial charge in [-0.05, 0) is 32.6 Å². The van der Waals surface area contributed by atoms with Gasteiger partial charge in [0, 0.05) is 13.1 Å². The van der Waals surface area contributed by atoms with Crippen LogP contribution in [0.15, 0.2) is 18.2 Å². The number of benzene rings is 1. The minimum absolute atomic E-state index is 0.0756. The lowest BCUT2D eigenvalue weighted by Gasteiger charge is -2.22. The maximum absolute atomic E-state index is 12.5. The van der Waals surface area contributed by atoms with E-state index in [4.69, 9.17) is 0 Å². The van der Waals surface area contributed by atoms with Crippen molar-refractivity contribution in [2.75, 3.05) is 39.0 Å². The Hall–Kier alpha value is -1.88. The average Bonchev–Trinajstić information content (AvgIpc) is 2.45. The molecule has 19 heavy (non-hydrogen) atoms. The van der Waals surface area contributed by atoms with Crippen LogP contribution in [-0.2, 0) is 4.79 Å². The second-order valence-electron chi connectivity index (χ2n) is 5.08. The van der Waals surface area contributed by atoms with Gasteiger partial charge in [-0.25, -0.2) is 0 Å². The smallest absolute Gasteiger partial charge is 0.256 e. The summed E-state index contributed by atoms with van der Waals surface area (Å²) in [6, 6.07) is 5.50. The number of likely N-dealkylation sites (N-methyl/N-ethyl adjacent to an activating group) is 1. The predicted molar refractivity (Wildman–Crippen MR) is 74.3 cm³/mol. The molecule has 1 aliphatic heterocycles. The maximum atomic E-state index is 12.5. The Labute approximate surface area is 113 Å². The first-order chi connectivity index (χ1) is 8.99. The van der Waals surface area contributed by atoms with Crippen LogP contribution < -0.4 is 5.32 Å². The SMILES string of the molecule is Cc1cccc2c1C(=O)N(CCN(C)C)CC(=O)N2. The van der Waals surface area contributed by atoms with E-state index in [1.807, 2.05) is 38.1 Å². The van der Waals surface area contributed by atoms with Crippen molar-refractivity contribution in [1.29, 1.82) is 0 Å². The Morgan fingerprint density at radius 1 is 1.32 bits per heavy atom. The van der Waals surface area contributed by atoms with E-state index in [1.54, 1.807) is 11.0 Å². The van der Waals surface area contributed by atoms with Gasteiger partial charge in [-0.1, -0.05) is 12.1 Å². The second-order valence-corrected chi connectivity index (χ2v) is 5.08. The standard InChI is InChI=1S/C14H19N3O2/c1-10-5-4-6-11-13(10)14(19)17(8-7-16(2)3)9-12(18)15-11/h4-6H,7-9H2,1-3H3,(H,15,18). The lowest BCUT2D eigenvalue weighted by Crippen LogP contribution is -2.39. The normalized spacial score (nSPS) is 15.3. The van der Waals surface area contributed by atoms with E-state index < -0.39 is 0 Å². The van der Waals surface area contributed by atoms with Crippen molar-refractivity contribution in [3.05, 3.63) is 29.3 Å². The second kappa shape index (κ2) is 5.40. The van der Waals surface area contributed by atoms with E-state index in [2.05, 4.69) is 5.32 Å². The summed E-state index contributed by atoms with van der Waals surface area (Å²) in [7, 11) is 3.89. The quantitative estimate of drug-likeness (QED) is 0.881. The number of carbonyl (C=O) groups excluding carboxylic acids is 2. The highest BCUT2D eigenvalue weighted by Crippen LogP contribution is 2.23. The molecule has 0 unspecified atom stereocenters. The van der Waals surface area contributed by atoms with Crippen LogP contribution in [0.5, 0.6) is 0 Å². The fourth-order valence-electron chi connectivity index (χ4n) is 2.15. The molecule has 0 saturated heterocycles. The van der Waals surface area contributed by atoms with E-state index in [-0.39, 0.29) is 18.4 Å². The number of nitrogens with one attached hydrogen (secondary N) is 1. The first kappa shape index (κ1) is 13.5. The number of anilines is 1. The highest BCUT2D eigenvalue weighted by molar-refractivity contribution is 6.09. The van der Waals surface area contributed by atoms with Crippen molar-refractivity contribution >= 4 is 17.5 Å². The number of fused-ring (bicyclic) bond motifs is 1. The number of hydrogen-bond acceptors (Lipinski definition) is 3. The molecule has 0 radical (unpaired) electrons. The molecule has 0 aromatic heterocycles. The number of amides is 2. The van der Waals surface area contributed by atoms with Gasteiger partial charge in [0.2, 0.25) is 5.91 Å². The average molecular weight is 261 g/mol. The Morgan fingerprint density at radius 2 is 2.05 bits per heavy atom. The molecule has 1 N–H and O–H groups in total. The van der Waals surface area contributed by atoms with Crippen molar-refractivity contribution in [2.24, 2.45) is 0 Å². The van der Waals surface area contributed by atoms with Crippen molar-refractivity contribution < 1.29 is 9.59 Å². The van der Waals surface area contributed by atoms with E-state index >= 15 is 0 Å². The first-order valence-electron chi connectivity index (χ1n) is 6.32. The minimum Gasteiger partial charge on any atom is -0.328 e. The highest BCUT2D eigenvalue weighted by Gasteiger charge is 2.27. The van der Waals surface area contributed by atoms with Crippen molar-refractivity contribution in [3.8, 4) is 0 Å². The summed E-state index contributed by atoms with van der Waals surface area (Å²) in [6.45, 7) is 3.28. The molecule has 5 heteroatoms. The summed E-state index contributed by atoms with van der Waals surface area (Å²) in [4.78, 5) is 28.0. The molecule has 0 spiro atoms. The third kappa shape index (κ3) is 2.93. The van der Waals surface area contributed by atoms with Crippen molar-refractivity contribution in [3.63, 3.8) is 0 Å². The van der Waals surface area contributed by atoms with Gasteiger partial charge in [0.1, 0.15) is 6.54 Å². The molecule has 1 aliphatic rings. The summed E-state index contributed by atoms with van der Waals surface area (Å²) in [5.74, 6) is -0.218. The van der Waals surface area contributed by atoms with Gasteiger partial charge in [-0.3, -0.25) is 9.59 Å². The summed E-state index contributed by atoms with van der Waals surface area (Å²) in [5, 5.41) is 2.80. The molecule has 0 saturated carbocycles. The topological polar surface area (TPSA) is 52.7 Å². The van der Waals surface area contributed by atoms with Gasteiger partial charge < -0.3 is 15.1 Å². The summed E-state index contributed by atoms with van der Waals surface area (Å²) in [5.41, 5.74) is 2.11. The van der Waals surface area contributed by atoms with Crippen molar-refractivity contribution in [2.45, 2.75) is 6.92 Å². The third-order valence-corrected chi connectivity index (χ3v) is 3.20. The summed E-state index contributed by atoms with van der Waals surface area (Å²) >= 11 is 0. The third-order valence-electron chi connectivity index (χ3n) is 3.20. The van der Waals surface area contributed by atoms with Gasteiger partial charge in [0.25, 0.3) is 5.91 Å². The number of carbonyl (C=O) groups is 2. The fraction of sp³-hybridized carbons (Fsp3) is 0.429. The lowest BCUT2D eigenvalue weighted by atomic mass is 10.1. The zero-order valence-electron chi connectivity index (χ0n) is 11.6. The van der Waals surface area contributed by atoms with E-state index in [0.29, 0.717) is 17.8 Å². The number of nitrogens with zero attached hydrogens (tertiary/aromatic N) is 2. The van der Waals surface area contributed by atoms with E-state index in [0.717, 1.165) is 12.1 Å². The molecule has 1 aromatic rings. The van der Waals surface area contributed by atoms with E-state index in [1.165, 1.54) is 0 Å². The number of aryl methyl sites for hydroxylation is 1. The number of hydrogen-bond donors (Lipinski definition) is 1. The Balaban J connectivity index is 2.32. The minimum atomic E-state index is -0.142. The van der Waals surface area contributed by atoms with Crippen LogP contribution in [0.3, 0.4) is 0 Å². The van der Waals surface area contributed by atoms with Gasteiger partial charge in [-0.2, -0.15) is 0 Å². The van der Waals surface area contributed by atoms with Crippen LogP contribution in [0, 0.1) is 6.92 Å². The number of rotatable bonds is 3. The van der Waals surface area contributed by atoms with E-state index in [9.17, 15) is 9.59 Å². The molecule has 0 bridgehead atoms. The predicted octanol–water partition coefficient (Wildman–Crippen LogP) is 0.951. The molecule has 0 fully saturated rings. The van der Waals surface area contributed by atoms with Crippen LogP contribution in [0.25, 0.3) is 0 Å². The Kier molecular flexibility index (Phi) is 3.85. The van der Waals surface area contributed by atoms with Gasteiger partial charge in [0.15, 0.2) is 0 Å². The first-order valence-corrected chi connectivity index (χ1v) is 6.32. The monoisotopic (exact) mass is 261 g/mol. The lowest BCUT2D eigenvalue weighted by molar-refractivity contribution is -0.116. The van der Waals surface area contributed by atoms with Crippen molar-refractivity contribution in [1.82, 2.24) is 9.80 Å². The summed E-state index contributed by atoms with van der Waals surface area (Å²) in [6.07, 6.45) is 0. The van der Waals surface area contributed by atoms with Crippen LogP contribution in [0.2, 0.25) is 0 Å². The molecule has 0 aliphatic carbocycles. The zero-order valence-corrected chi connectivity index (χ0v) is 11.6. The van der Waals surface area contributed by atoms with Crippen LogP contribution in [0.4, 0.5) is 5.69 Å². The van der Waals surface area contributed by atoms with Gasteiger partial charge in [0.05, 0.1) is 11.3 Å². The van der Waals surface area contributed by atoms with Crippen LogP contribution in [0.1, 0.15) is 15.9 Å². The molecule has 0 atom stereocenters. The van der Waals surface area contributed by atoms with Crippen LogP contribution >= 0.6 is 0 Å². The largest absolute Gasteiger partial charge is 0.328 e. The molecule has 2 rings (SSSR count). The Bertz CT molecular complexity index is 511. The zero-order chi connectivity index (χ0) is 14.0. The molecule has 2 amide bonds. The molecule has 5 nitrogen and oxygen atoms in total. The Morgan fingerprint density at radius 3 is 2.74 bits per heavy atom. The maximum Gasteiger partial charge on any atom is 0.256 e. The summed E-state index contributed by atoms with van der Waals surface area (Å²) < 4.78 is 0. The van der Waals surface area contributed by atoms with Crippen LogP contribution in [-0.4, -0.2) is 55.3 Å². The van der Waals surface area contributed by atoms with Gasteiger partial charge in [-0.15, -0.1) is 0 Å². The molecule has 102 valence electrons. The molecular weight excluding hydrogens is 242 g/mol. The molecule has 1 heterocycles. The molecular formula is C14H19N3O2. The fourth-order valence-corrected chi connectivity index (χ4v) is 2.15.